The van der Waals surface area contributed by atoms with Crippen molar-refractivity contribution in [2.75, 3.05) is 6.61 Å². The van der Waals surface area contributed by atoms with E-state index in [9.17, 15) is 0 Å². The first-order chi connectivity index (χ1) is 12.4. The van der Waals surface area contributed by atoms with E-state index >= 15 is 0 Å². The summed E-state index contributed by atoms with van der Waals surface area (Å²) in [5.74, 6) is 2.28. The van der Waals surface area contributed by atoms with Crippen LogP contribution in [-0.2, 0) is 4.74 Å². The van der Waals surface area contributed by atoms with Crippen molar-refractivity contribution in [3.8, 4) is 5.75 Å². The molecular weight excluding hydrogens is 320 g/mol. The largest absolute Gasteiger partial charge is 0.465 e. The molecular formula is C24H42O2. The first-order valence-corrected chi connectivity index (χ1v) is 10.7. The van der Waals surface area contributed by atoms with Gasteiger partial charge in [0, 0.05) is 0 Å². The van der Waals surface area contributed by atoms with Crippen molar-refractivity contribution in [2.45, 2.75) is 99.2 Å². The van der Waals surface area contributed by atoms with Gasteiger partial charge in [-0.2, -0.15) is 0 Å². The third kappa shape index (κ3) is 8.12. The van der Waals surface area contributed by atoms with Crippen molar-refractivity contribution in [1.82, 2.24) is 0 Å². The highest BCUT2D eigenvalue weighted by atomic mass is 16.7. The lowest BCUT2D eigenvalue weighted by Gasteiger charge is -2.27. The van der Waals surface area contributed by atoms with Gasteiger partial charge in [-0.25, -0.2) is 0 Å². The second-order valence-corrected chi connectivity index (χ2v) is 8.51. The minimum Gasteiger partial charge on any atom is -0.465 e. The van der Waals surface area contributed by atoms with Crippen LogP contribution >= 0.6 is 0 Å². The van der Waals surface area contributed by atoms with Crippen LogP contribution in [0.3, 0.4) is 0 Å². The lowest BCUT2D eigenvalue weighted by molar-refractivity contribution is -0.0711. The van der Waals surface area contributed by atoms with E-state index in [4.69, 9.17) is 9.47 Å². The molecule has 0 spiro atoms. The Bertz CT molecular complexity index is 466. The van der Waals surface area contributed by atoms with Gasteiger partial charge in [-0.3, -0.25) is 0 Å². The van der Waals surface area contributed by atoms with E-state index in [2.05, 4.69) is 52.0 Å². The van der Waals surface area contributed by atoms with Crippen LogP contribution in [0.1, 0.15) is 98.5 Å². The molecule has 2 rings (SSSR count). The molecule has 26 heavy (non-hydrogen) atoms. The Morgan fingerprint density at radius 3 is 2.08 bits per heavy atom. The molecule has 150 valence electrons. The van der Waals surface area contributed by atoms with Crippen molar-refractivity contribution in [3.05, 3.63) is 29.8 Å². The van der Waals surface area contributed by atoms with Gasteiger partial charge in [-0.15, -0.1) is 0 Å². The smallest absolute Gasteiger partial charge is 0.196 e. The van der Waals surface area contributed by atoms with Crippen LogP contribution in [0.2, 0.25) is 0 Å². The molecule has 1 fully saturated rings. The van der Waals surface area contributed by atoms with Gasteiger partial charge in [-0.05, 0) is 48.3 Å². The maximum atomic E-state index is 5.90. The van der Waals surface area contributed by atoms with Crippen LogP contribution in [0.25, 0.3) is 0 Å². The summed E-state index contributed by atoms with van der Waals surface area (Å²) in [6, 6.07) is 8.50. The third-order valence-corrected chi connectivity index (χ3v) is 5.58. The molecule has 0 saturated heterocycles. The molecule has 0 radical (unpaired) electrons. The molecule has 2 nitrogen and oxygen atoms in total. The molecule has 0 heterocycles. The standard InChI is InChI=1S/C22H36O2.C2H6/c1-17(22(3,4)5)20-11-13-21(14-12-20)24-18(2)23-16-15-19-9-7-6-8-10-19;1-2/h11-14,17-19H,6-10,15-16H2,1-5H3;1-2H3. The van der Waals surface area contributed by atoms with E-state index in [1.54, 1.807) is 0 Å². The summed E-state index contributed by atoms with van der Waals surface area (Å²) >= 11 is 0. The highest BCUT2D eigenvalue weighted by molar-refractivity contribution is 5.30. The lowest BCUT2D eigenvalue weighted by atomic mass is 9.78. The van der Waals surface area contributed by atoms with Crippen LogP contribution in [0.15, 0.2) is 24.3 Å². The first kappa shape index (κ1) is 23.0. The average Bonchev–Trinajstić information content (AvgIpc) is 2.63. The maximum Gasteiger partial charge on any atom is 0.196 e. The maximum absolute atomic E-state index is 5.90. The van der Waals surface area contributed by atoms with Gasteiger partial charge in [0.25, 0.3) is 0 Å². The summed E-state index contributed by atoms with van der Waals surface area (Å²) in [4.78, 5) is 0. The van der Waals surface area contributed by atoms with Gasteiger partial charge in [0.1, 0.15) is 5.75 Å². The molecule has 1 saturated carbocycles. The Morgan fingerprint density at radius 1 is 0.962 bits per heavy atom. The number of hydrogen-bond donors (Lipinski definition) is 0. The van der Waals surface area contributed by atoms with E-state index in [0.29, 0.717) is 5.92 Å². The molecule has 1 aromatic rings. The van der Waals surface area contributed by atoms with E-state index < -0.39 is 0 Å². The number of benzene rings is 1. The second-order valence-electron chi connectivity index (χ2n) is 8.51. The van der Waals surface area contributed by atoms with Crippen molar-refractivity contribution in [3.63, 3.8) is 0 Å². The van der Waals surface area contributed by atoms with Gasteiger partial charge >= 0.3 is 0 Å². The van der Waals surface area contributed by atoms with Crippen molar-refractivity contribution in [1.29, 1.82) is 0 Å². The van der Waals surface area contributed by atoms with Crippen LogP contribution in [-0.4, -0.2) is 12.9 Å². The molecule has 1 aliphatic rings. The van der Waals surface area contributed by atoms with E-state index in [1.807, 2.05) is 20.8 Å². The monoisotopic (exact) mass is 362 g/mol. The van der Waals surface area contributed by atoms with E-state index in [-0.39, 0.29) is 11.7 Å². The summed E-state index contributed by atoms with van der Waals surface area (Å²) in [5, 5.41) is 0. The normalized spacial score (nSPS) is 17.8. The predicted octanol–water partition coefficient (Wildman–Crippen LogP) is 7.57. The minimum atomic E-state index is -0.181. The second kappa shape index (κ2) is 11.6. The summed E-state index contributed by atoms with van der Waals surface area (Å²) in [6.07, 6.45) is 7.97. The average molecular weight is 363 g/mol. The van der Waals surface area contributed by atoms with Crippen LogP contribution in [0.4, 0.5) is 0 Å². The Morgan fingerprint density at radius 2 is 1.54 bits per heavy atom. The van der Waals surface area contributed by atoms with Gasteiger partial charge in [0.05, 0.1) is 6.61 Å². The van der Waals surface area contributed by atoms with Gasteiger partial charge in [0.2, 0.25) is 0 Å². The van der Waals surface area contributed by atoms with Crippen LogP contribution < -0.4 is 4.74 Å². The molecule has 2 unspecified atom stereocenters. The Hall–Kier alpha value is -1.02. The summed E-state index contributed by atoms with van der Waals surface area (Å²) in [5.41, 5.74) is 1.64. The molecule has 0 bridgehead atoms. The van der Waals surface area contributed by atoms with Crippen molar-refractivity contribution < 1.29 is 9.47 Å². The van der Waals surface area contributed by atoms with Crippen molar-refractivity contribution >= 4 is 0 Å². The molecule has 2 heteroatoms. The van der Waals surface area contributed by atoms with Crippen molar-refractivity contribution in [2.24, 2.45) is 11.3 Å². The molecule has 1 aliphatic carbocycles. The first-order valence-electron chi connectivity index (χ1n) is 10.7. The zero-order valence-corrected chi connectivity index (χ0v) is 18.3. The van der Waals surface area contributed by atoms with E-state index in [1.165, 1.54) is 44.1 Å². The predicted molar refractivity (Wildman–Crippen MR) is 113 cm³/mol. The molecule has 1 aromatic carbocycles. The highest BCUT2D eigenvalue weighted by Crippen LogP contribution is 2.35. The fourth-order valence-corrected chi connectivity index (χ4v) is 3.44. The zero-order chi connectivity index (χ0) is 19.6. The molecule has 2 atom stereocenters. The van der Waals surface area contributed by atoms with Gasteiger partial charge in [0.15, 0.2) is 6.29 Å². The number of rotatable bonds is 7. The third-order valence-electron chi connectivity index (χ3n) is 5.58. The van der Waals surface area contributed by atoms with Gasteiger partial charge < -0.3 is 9.47 Å². The highest BCUT2D eigenvalue weighted by Gasteiger charge is 2.21. The van der Waals surface area contributed by atoms with Gasteiger partial charge in [-0.1, -0.05) is 85.8 Å². The lowest BCUT2D eigenvalue weighted by Crippen LogP contribution is -2.19. The summed E-state index contributed by atoms with van der Waals surface area (Å²) in [6.45, 7) is 15.9. The molecule has 0 aromatic heterocycles. The summed E-state index contributed by atoms with van der Waals surface area (Å²) in [7, 11) is 0. The quantitative estimate of drug-likeness (QED) is 0.465. The topological polar surface area (TPSA) is 18.5 Å². The molecule has 0 aliphatic heterocycles. The van der Waals surface area contributed by atoms with Crippen LogP contribution in [0.5, 0.6) is 5.75 Å². The van der Waals surface area contributed by atoms with E-state index in [0.717, 1.165) is 18.3 Å². The zero-order valence-electron chi connectivity index (χ0n) is 18.3. The fourth-order valence-electron chi connectivity index (χ4n) is 3.44. The molecule has 0 amide bonds. The number of ether oxygens (including phenoxy) is 2. The minimum absolute atomic E-state index is 0.181. The Balaban J connectivity index is 0.00000163. The summed E-state index contributed by atoms with van der Waals surface area (Å²) < 4.78 is 11.8. The molecule has 0 N–H and O–H groups in total. The Labute approximate surface area is 162 Å². The SMILES string of the molecule is CC.CC(OCCC1CCCCC1)Oc1ccc(C(C)C(C)(C)C)cc1. The Kier molecular flexibility index (Phi) is 10.3. The fraction of sp³-hybridized carbons (Fsp3) is 0.750. The van der Waals surface area contributed by atoms with Crippen LogP contribution in [0, 0.1) is 11.3 Å². The number of hydrogen-bond acceptors (Lipinski definition) is 2.